The molecular weight excluding hydrogens is 193 g/mol. The SMILES string of the molecule is Cc1cn(C[C@@H](C)O)c2ccc(F)cc12. The van der Waals surface area contributed by atoms with E-state index in [-0.39, 0.29) is 5.82 Å². The molecule has 0 unspecified atom stereocenters. The van der Waals surface area contributed by atoms with E-state index < -0.39 is 6.10 Å². The number of halogens is 1. The van der Waals surface area contributed by atoms with Gasteiger partial charge < -0.3 is 9.67 Å². The molecule has 0 radical (unpaired) electrons. The second-order valence-corrected chi connectivity index (χ2v) is 3.97. The van der Waals surface area contributed by atoms with Crippen molar-refractivity contribution in [2.24, 2.45) is 0 Å². The smallest absolute Gasteiger partial charge is 0.123 e. The van der Waals surface area contributed by atoms with E-state index in [2.05, 4.69) is 0 Å². The van der Waals surface area contributed by atoms with Crippen molar-refractivity contribution in [3.63, 3.8) is 0 Å². The van der Waals surface area contributed by atoms with Crippen LogP contribution in [0.1, 0.15) is 12.5 Å². The zero-order valence-corrected chi connectivity index (χ0v) is 8.87. The highest BCUT2D eigenvalue weighted by molar-refractivity contribution is 5.83. The average Bonchev–Trinajstić information content (AvgIpc) is 2.42. The van der Waals surface area contributed by atoms with Crippen LogP contribution in [0, 0.1) is 12.7 Å². The first-order valence-corrected chi connectivity index (χ1v) is 5.01. The monoisotopic (exact) mass is 207 g/mol. The Bertz CT molecular complexity index is 488. The third-order valence-corrected chi connectivity index (χ3v) is 2.50. The van der Waals surface area contributed by atoms with Gasteiger partial charge in [-0.3, -0.25) is 0 Å². The second kappa shape index (κ2) is 3.66. The van der Waals surface area contributed by atoms with E-state index in [0.717, 1.165) is 16.5 Å². The highest BCUT2D eigenvalue weighted by atomic mass is 19.1. The Morgan fingerprint density at radius 2 is 2.20 bits per heavy atom. The van der Waals surface area contributed by atoms with Crippen LogP contribution < -0.4 is 0 Å². The summed E-state index contributed by atoms with van der Waals surface area (Å²) < 4.78 is 15.0. The van der Waals surface area contributed by atoms with Crippen LogP contribution in [-0.2, 0) is 6.54 Å². The highest BCUT2D eigenvalue weighted by Gasteiger charge is 2.07. The minimum Gasteiger partial charge on any atom is -0.392 e. The number of fused-ring (bicyclic) bond motifs is 1. The van der Waals surface area contributed by atoms with Crippen LogP contribution in [0.5, 0.6) is 0 Å². The van der Waals surface area contributed by atoms with E-state index >= 15 is 0 Å². The van der Waals surface area contributed by atoms with Gasteiger partial charge in [0.2, 0.25) is 0 Å². The van der Waals surface area contributed by atoms with Gasteiger partial charge in [-0.1, -0.05) is 0 Å². The standard InChI is InChI=1S/C12H14FNO/c1-8-6-14(7-9(2)15)12-4-3-10(13)5-11(8)12/h3-6,9,15H,7H2,1-2H3/t9-/m1/s1. The van der Waals surface area contributed by atoms with Crippen molar-refractivity contribution in [1.29, 1.82) is 0 Å². The van der Waals surface area contributed by atoms with Crippen molar-refractivity contribution in [2.75, 3.05) is 0 Å². The predicted octanol–water partition coefficient (Wildman–Crippen LogP) is 2.47. The number of aliphatic hydroxyl groups is 1. The molecule has 0 spiro atoms. The molecule has 80 valence electrons. The van der Waals surface area contributed by atoms with Crippen molar-refractivity contribution < 1.29 is 9.50 Å². The third-order valence-electron chi connectivity index (χ3n) is 2.50. The Morgan fingerprint density at radius 3 is 2.87 bits per heavy atom. The van der Waals surface area contributed by atoms with Gasteiger partial charge in [-0.2, -0.15) is 0 Å². The van der Waals surface area contributed by atoms with Gasteiger partial charge in [-0.05, 0) is 37.6 Å². The summed E-state index contributed by atoms with van der Waals surface area (Å²) in [5.41, 5.74) is 2.00. The normalized spacial score (nSPS) is 13.3. The number of hydrogen-bond donors (Lipinski definition) is 1. The van der Waals surface area contributed by atoms with Crippen LogP contribution in [-0.4, -0.2) is 15.8 Å². The van der Waals surface area contributed by atoms with Gasteiger partial charge in [0.15, 0.2) is 0 Å². The van der Waals surface area contributed by atoms with Crippen LogP contribution in [0.25, 0.3) is 10.9 Å². The molecule has 0 amide bonds. The number of benzene rings is 1. The van der Waals surface area contributed by atoms with Crippen LogP contribution in [0.3, 0.4) is 0 Å². The summed E-state index contributed by atoms with van der Waals surface area (Å²) in [6.45, 7) is 4.22. The molecule has 0 saturated heterocycles. The summed E-state index contributed by atoms with van der Waals surface area (Å²) in [4.78, 5) is 0. The van der Waals surface area contributed by atoms with Gasteiger partial charge in [0.1, 0.15) is 5.82 Å². The van der Waals surface area contributed by atoms with Gasteiger partial charge in [0.05, 0.1) is 6.10 Å². The molecule has 2 rings (SSSR count). The van der Waals surface area contributed by atoms with E-state index in [1.54, 1.807) is 13.0 Å². The van der Waals surface area contributed by atoms with Crippen molar-refractivity contribution >= 4 is 10.9 Å². The number of hydrogen-bond acceptors (Lipinski definition) is 1. The number of aromatic nitrogens is 1. The second-order valence-electron chi connectivity index (χ2n) is 3.97. The lowest BCUT2D eigenvalue weighted by Gasteiger charge is -2.07. The number of nitrogens with zero attached hydrogens (tertiary/aromatic N) is 1. The Balaban J connectivity index is 2.57. The number of aliphatic hydroxyl groups excluding tert-OH is 1. The summed E-state index contributed by atoms with van der Waals surface area (Å²) in [5, 5.41) is 10.2. The van der Waals surface area contributed by atoms with E-state index in [1.165, 1.54) is 12.1 Å². The molecule has 3 heteroatoms. The molecule has 1 atom stereocenters. The van der Waals surface area contributed by atoms with Crippen molar-refractivity contribution in [3.8, 4) is 0 Å². The van der Waals surface area contributed by atoms with Gasteiger partial charge in [0, 0.05) is 23.6 Å². The predicted molar refractivity (Wildman–Crippen MR) is 58.3 cm³/mol. The molecule has 1 heterocycles. The Hall–Kier alpha value is -1.35. The molecule has 15 heavy (non-hydrogen) atoms. The molecule has 1 aromatic carbocycles. The lowest BCUT2D eigenvalue weighted by Crippen LogP contribution is -2.10. The van der Waals surface area contributed by atoms with Crippen molar-refractivity contribution in [2.45, 2.75) is 26.5 Å². The van der Waals surface area contributed by atoms with Gasteiger partial charge >= 0.3 is 0 Å². The van der Waals surface area contributed by atoms with Crippen LogP contribution in [0.4, 0.5) is 4.39 Å². The molecule has 2 aromatic rings. The lowest BCUT2D eigenvalue weighted by atomic mass is 10.2. The number of aryl methyl sites for hydroxylation is 1. The first-order valence-electron chi connectivity index (χ1n) is 5.01. The molecule has 0 aliphatic carbocycles. The van der Waals surface area contributed by atoms with Gasteiger partial charge in [0.25, 0.3) is 0 Å². The van der Waals surface area contributed by atoms with E-state index in [9.17, 15) is 9.50 Å². The fourth-order valence-electron chi connectivity index (χ4n) is 1.88. The molecule has 0 bridgehead atoms. The molecule has 0 aliphatic rings. The molecule has 1 aromatic heterocycles. The van der Waals surface area contributed by atoms with Crippen molar-refractivity contribution in [3.05, 3.63) is 35.8 Å². The summed E-state index contributed by atoms with van der Waals surface area (Å²) in [6, 6.07) is 4.73. The molecule has 0 fully saturated rings. The fraction of sp³-hybridized carbons (Fsp3) is 0.333. The third kappa shape index (κ3) is 1.88. The van der Waals surface area contributed by atoms with Crippen molar-refractivity contribution in [1.82, 2.24) is 4.57 Å². The van der Waals surface area contributed by atoms with E-state index in [1.807, 2.05) is 17.7 Å². The molecule has 0 saturated carbocycles. The van der Waals surface area contributed by atoms with Crippen LogP contribution in [0.15, 0.2) is 24.4 Å². The summed E-state index contributed by atoms with van der Waals surface area (Å²) >= 11 is 0. The zero-order valence-electron chi connectivity index (χ0n) is 8.87. The summed E-state index contributed by atoms with van der Waals surface area (Å²) in [7, 11) is 0. The topological polar surface area (TPSA) is 25.2 Å². The summed E-state index contributed by atoms with van der Waals surface area (Å²) in [6.07, 6.45) is 1.54. The maximum atomic E-state index is 13.0. The molecule has 0 aliphatic heterocycles. The first kappa shape index (κ1) is 10.2. The minimum absolute atomic E-state index is 0.222. The lowest BCUT2D eigenvalue weighted by molar-refractivity contribution is 0.175. The molecule has 1 N–H and O–H groups in total. The van der Waals surface area contributed by atoms with Gasteiger partial charge in [-0.25, -0.2) is 4.39 Å². The quantitative estimate of drug-likeness (QED) is 0.804. The largest absolute Gasteiger partial charge is 0.392 e. The van der Waals surface area contributed by atoms with E-state index in [4.69, 9.17) is 0 Å². The Morgan fingerprint density at radius 1 is 1.47 bits per heavy atom. The minimum atomic E-state index is -0.398. The Kier molecular flexibility index (Phi) is 2.49. The van der Waals surface area contributed by atoms with Crippen LogP contribution >= 0.6 is 0 Å². The highest BCUT2D eigenvalue weighted by Crippen LogP contribution is 2.21. The molecule has 2 nitrogen and oxygen atoms in total. The Labute approximate surface area is 88.0 Å². The zero-order chi connectivity index (χ0) is 11.0. The first-order chi connectivity index (χ1) is 7.08. The van der Waals surface area contributed by atoms with E-state index in [0.29, 0.717) is 6.54 Å². The molecular formula is C12H14FNO. The fourth-order valence-corrected chi connectivity index (χ4v) is 1.88. The number of rotatable bonds is 2. The summed E-state index contributed by atoms with van der Waals surface area (Å²) in [5.74, 6) is -0.222. The van der Waals surface area contributed by atoms with Crippen LogP contribution in [0.2, 0.25) is 0 Å². The average molecular weight is 207 g/mol. The maximum Gasteiger partial charge on any atom is 0.123 e. The maximum absolute atomic E-state index is 13.0. The van der Waals surface area contributed by atoms with Gasteiger partial charge in [-0.15, -0.1) is 0 Å².